The first-order valence-corrected chi connectivity index (χ1v) is 6.12. The van der Waals surface area contributed by atoms with E-state index in [0.717, 1.165) is 0 Å². The number of carboxylic acid groups (broad SMARTS) is 1. The third kappa shape index (κ3) is 2.52. The zero-order valence-corrected chi connectivity index (χ0v) is 10.8. The van der Waals surface area contributed by atoms with Crippen molar-refractivity contribution in [2.75, 3.05) is 13.1 Å². The van der Waals surface area contributed by atoms with Gasteiger partial charge in [0.05, 0.1) is 5.92 Å². The van der Waals surface area contributed by atoms with Gasteiger partial charge in [0.1, 0.15) is 5.56 Å². The molecule has 1 aliphatic rings. The molecule has 0 radical (unpaired) electrons. The van der Waals surface area contributed by atoms with Crippen molar-refractivity contribution in [3.05, 3.63) is 33.7 Å². The summed E-state index contributed by atoms with van der Waals surface area (Å²) in [5, 5.41) is 9.04. The first-order chi connectivity index (χ1) is 8.90. The molecule has 6 heteroatoms. The Hall–Kier alpha value is -2.11. The van der Waals surface area contributed by atoms with E-state index in [4.69, 9.17) is 5.11 Å². The van der Waals surface area contributed by atoms with Crippen LogP contribution in [-0.2, 0) is 4.79 Å². The standard InChI is InChI=1S/C13H16N2O4/c1-7-5-15(6-10(7)13(18)19)12(17)9-4-3-8(2)14-11(9)16/h3-4,7,10H,5-6H2,1-2H3,(H,14,16)(H,18,19)/t7-,10-/m1/s1. The molecule has 1 fully saturated rings. The molecule has 1 aromatic heterocycles. The highest BCUT2D eigenvalue weighted by Crippen LogP contribution is 2.24. The Labute approximate surface area is 110 Å². The summed E-state index contributed by atoms with van der Waals surface area (Å²) in [6.07, 6.45) is 0. The summed E-state index contributed by atoms with van der Waals surface area (Å²) in [5.41, 5.74) is 0.306. The number of hydrogen-bond donors (Lipinski definition) is 2. The molecule has 1 aromatic rings. The van der Waals surface area contributed by atoms with Crippen LogP contribution < -0.4 is 5.56 Å². The van der Waals surface area contributed by atoms with E-state index < -0.39 is 23.4 Å². The molecule has 19 heavy (non-hydrogen) atoms. The molecule has 1 saturated heterocycles. The predicted molar refractivity (Wildman–Crippen MR) is 68.0 cm³/mol. The summed E-state index contributed by atoms with van der Waals surface area (Å²) in [7, 11) is 0. The number of rotatable bonds is 2. The maximum atomic E-state index is 12.2. The van der Waals surface area contributed by atoms with Gasteiger partial charge in [-0.15, -0.1) is 0 Å². The van der Waals surface area contributed by atoms with E-state index in [0.29, 0.717) is 12.2 Å². The number of aromatic amines is 1. The van der Waals surface area contributed by atoms with Crippen LogP contribution >= 0.6 is 0 Å². The number of aromatic nitrogens is 1. The molecule has 0 unspecified atom stereocenters. The summed E-state index contributed by atoms with van der Waals surface area (Å²) in [6.45, 7) is 4.05. The molecule has 0 saturated carbocycles. The number of likely N-dealkylation sites (tertiary alicyclic amines) is 1. The van der Waals surface area contributed by atoms with Gasteiger partial charge in [-0.05, 0) is 25.0 Å². The highest BCUT2D eigenvalue weighted by Gasteiger charge is 2.37. The topological polar surface area (TPSA) is 90.5 Å². The zero-order chi connectivity index (χ0) is 14.2. The first-order valence-electron chi connectivity index (χ1n) is 6.12. The predicted octanol–water partition coefficient (Wildman–Crippen LogP) is 0.476. The van der Waals surface area contributed by atoms with E-state index in [1.807, 2.05) is 0 Å². The van der Waals surface area contributed by atoms with Crippen LogP contribution in [0.4, 0.5) is 0 Å². The maximum absolute atomic E-state index is 12.2. The highest BCUT2D eigenvalue weighted by atomic mass is 16.4. The number of carbonyl (C=O) groups excluding carboxylic acids is 1. The number of H-pyrrole nitrogens is 1. The van der Waals surface area contributed by atoms with E-state index in [1.54, 1.807) is 19.9 Å². The van der Waals surface area contributed by atoms with Crippen molar-refractivity contribution in [2.45, 2.75) is 13.8 Å². The number of carboxylic acids is 1. The number of nitrogens with one attached hydrogen (secondary N) is 1. The average molecular weight is 264 g/mol. The number of amides is 1. The summed E-state index contributed by atoms with van der Waals surface area (Å²) < 4.78 is 0. The molecular formula is C13H16N2O4. The van der Waals surface area contributed by atoms with Crippen molar-refractivity contribution >= 4 is 11.9 Å². The quantitative estimate of drug-likeness (QED) is 0.812. The Morgan fingerprint density at radius 3 is 2.58 bits per heavy atom. The van der Waals surface area contributed by atoms with E-state index in [-0.39, 0.29) is 18.0 Å². The molecule has 0 bridgehead atoms. The molecule has 2 atom stereocenters. The second-order valence-corrected chi connectivity index (χ2v) is 5.02. The molecular weight excluding hydrogens is 248 g/mol. The molecule has 2 rings (SSSR count). The highest BCUT2D eigenvalue weighted by molar-refractivity contribution is 5.94. The van der Waals surface area contributed by atoms with Crippen molar-refractivity contribution in [3.63, 3.8) is 0 Å². The smallest absolute Gasteiger partial charge is 0.308 e. The Morgan fingerprint density at radius 1 is 1.37 bits per heavy atom. The summed E-state index contributed by atoms with van der Waals surface area (Å²) >= 11 is 0. The lowest BCUT2D eigenvalue weighted by Gasteiger charge is -2.15. The van der Waals surface area contributed by atoms with Crippen LogP contribution in [0.15, 0.2) is 16.9 Å². The lowest BCUT2D eigenvalue weighted by atomic mass is 9.99. The number of carbonyl (C=O) groups is 2. The maximum Gasteiger partial charge on any atom is 0.308 e. The van der Waals surface area contributed by atoms with Crippen LogP contribution in [-0.4, -0.2) is 40.0 Å². The molecule has 102 valence electrons. The second-order valence-electron chi connectivity index (χ2n) is 5.02. The average Bonchev–Trinajstić information content (AvgIpc) is 2.70. The van der Waals surface area contributed by atoms with E-state index in [9.17, 15) is 14.4 Å². The van der Waals surface area contributed by atoms with Gasteiger partial charge in [0.2, 0.25) is 0 Å². The van der Waals surface area contributed by atoms with Crippen molar-refractivity contribution in [2.24, 2.45) is 11.8 Å². The first kappa shape index (κ1) is 13.3. The number of aliphatic carboxylic acids is 1. The number of hydrogen-bond acceptors (Lipinski definition) is 3. The van der Waals surface area contributed by atoms with Gasteiger partial charge in [-0.25, -0.2) is 0 Å². The Kier molecular flexibility index (Phi) is 3.42. The fourth-order valence-electron chi connectivity index (χ4n) is 2.36. The summed E-state index contributed by atoms with van der Waals surface area (Å²) in [6, 6.07) is 3.14. The van der Waals surface area contributed by atoms with Crippen LogP contribution in [0.5, 0.6) is 0 Å². The fourth-order valence-corrected chi connectivity index (χ4v) is 2.36. The van der Waals surface area contributed by atoms with Crippen molar-refractivity contribution in [1.29, 1.82) is 0 Å². The van der Waals surface area contributed by atoms with Gasteiger partial charge in [0, 0.05) is 18.8 Å². The Balaban J connectivity index is 2.22. The molecule has 0 spiro atoms. The summed E-state index contributed by atoms with van der Waals surface area (Å²) in [5.74, 6) is -1.98. The second kappa shape index (κ2) is 4.87. The molecule has 2 heterocycles. The van der Waals surface area contributed by atoms with E-state index >= 15 is 0 Å². The Bertz CT molecular complexity index is 578. The van der Waals surface area contributed by atoms with Crippen molar-refractivity contribution in [1.82, 2.24) is 9.88 Å². The minimum atomic E-state index is -0.902. The SMILES string of the molecule is Cc1ccc(C(=O)N2C[C@@H](C)[C@H](C(=O)O)C2)c(=O)[nH]1. The molecule has 2 N–H and O–H groups in total. The monoisotopic (exact) mass is 264 g/mol. The van der Waals surface area contributed by atoms with E-state index in [1.165, 1.54) is 11.0 Å². The minimum absolute atomic E-state index is 0.0591. The third-order valence-electron chi connectivity index (χ3n) is 3.50. The van der Waals surface area contributed by atoms with Crippen LogP contribution in [0.3, 0.4) is 0 Å². The van der Waals surface area contributed by atoms with Gasteiger partial charge < -0.3 is 15.0 Å². The molecule has 1 aliphatic heterocycles. The van der Waals surface area contributed by atoms with Crippen LogP contribution in [0.1, 0.15) is 23.0 Å². The van der Waals surface area contributed by atoms with E-state index in [2.05, 4.69) is 4.98 Å². The fraction of sp³-hybridized carbons (Fsp3) is 0.462. The van der Waals surface area contributed by atoms with Gasteiger partial charge in [-0.2, -0.15) is 0 Å². The number of pyridine rings is 1. The van der Waals surface area contributed by atoms with Crippen LogP contribution in [0.2, 0.25) is 0 Å². The normalized spacial score (nSPS) is 22.5. The van der Waals surface area contributed by atoms with Gasteiger partial charge in [-0.3, -0.25) is 14.4 Å². The zero-order valence-electron chi connectivity index (χ0n) is 10.8. The third-order valence-corrected chi connectivity index (χ3v) is 3.50. The number of aryl methyl sites for hydroxylation is 1. The number of nitrogens with zero attached hydrogens (tertiary/aromatic N) is 1. The largest absolute Gasteiger partial charge is 0.481 e. The van der Waals surface area contributed by atoms with Gasteiger partial charge in [0.15, 0.2) is 0 Å². The van der Waals surface area contributed by atoms with Crippen LogP contribution in [0, 0.1) is 18.8 Å². The molecule has 1 amide bonds. The van der Waals surface area contributed by atoms with Gasteiger partial charge in [0.25, 0.3) is 11.5 Å². The molecule has 0 aliphatic carbocycles. The summed E-state index contributed by atoms with van der Waals surface area (Å²) in [4.78, 5) is 38.9. The molecule has 6 nitrogen and oxygen atoms in total. The molecule has 0 aromatic carbocycles. The van der Waals surface area contributed by atoms with Gasteiger partial charge in [-0.1, -0.05) is 6.92 Å². The van der Waals surface area contributed by atoms with Gasteiger partial charge >= 0.3 is 5.97 Å². The Morgan fingerprint density at radius 2 is 2.05 bits per heavy atom. The van der Waals surface area contributed by atoms with Crippen molar-refractivity contribution < 1.29 is 14.7 Å². The lowest BCUT2D eigenvalue weighted by molar-refractivity contribution is -0.142. The van der Waals surface area contributed by atoms with Crippen LogP contribution in [0.25, 0.3) is 0 Å². The minimum Gasteiger partial charge on any atom is -0.481 e. The lowest BCUT2D eigenvalue weighted by Crippen LogP contribution is -2.34. The van der Waals surface area contributed by atoms with Crippen molar-refractivity contribution in [3.8, 4) is 0 Å².